The molecule has 0 aliphatic heterocycles. The average molecular weight is 268 g/mol. The second kappa shape index (κ2) is 8.88. The Hall–Kier alpha value is -1.13. The van der Waals surface area contributed by atoms with Crippen LogP contribution in [-0.2, 0) is 6.42 Å². The number of aromatic amines is 1. The molecule has 110 valence electrons. The predicted molar refractivity (Wildman–Crippen MR) is 80.1 cm³/mol. The fraction of sp³-hybridized carbons (Fsp3) is 0.667. The molecule has 0 radical (unpaired) electrons. The van der Waals surface area contributed by atoms with Gasteiger partial charge in [-0.1, -0.05) is 33.8 Å². The number of hydrogen-bond acceptors (Lipinski definition) is 3. The summed E-state index contributed by atoms with van der Waals surface area (Å²) < 4.78 is 0. The Labute approximate surface area is 116 Å². The number of H-pyrrole nitrogens is 1. The van der Waals surface area contributed by atoms with Gasteiger partial charge < -0.3 is 15.8 Å². The largest absolute Gasteiger partial charge is 0.395 e. The molecule has 0 aliphatic rings. The molecule has 0 amide bonds. The van der Waals surface area contributed by atoms with Crippen LogP contribution in [0.4, 0.5) is 0 Å². The molecule has 0 spiro atoms. The SMILES string of the molecule is CC(Cc1ccc[nH]c1=O)CC(C)(C)C.NCCO. The van der Waals surface area contributed by atoms with E-state index in [9.17, 15) is 4.79 Å². The molecule has 1 aromatic rings. The van der Waals surface area contributed by atoms with Crippen LogP contribution in [0.5, 0.6) is 0 Å². The number of nitrogens with one attached hydrogen (secondary N) is 1. The third-order valence-corrected chi connectivity index (χ3v) is 2.56. The molecule has 4 nitrogen and oxygen atoms in total. The van der Waals surface area contributed by atoms with Crippen molar-refractivity contribution in [2.75, 3.05) is 13.2 Å². The topological polar surface area (TPSA) is 79.1 Å². The fourth-order valence-electron chi connectivity index (χ4n) is 2.11. The van der Waals surface area contributed by atoms with E-state index in [0.717, 1.165) is 18.4 Å². The molecule has 19 heavy (non-hydrogen) atoms. The van der Waals surface area contributed by atoms with Crippen molar-refractivity contribution in [1.29, 1.82) is 0 Å². The quantitative estimate of drug-likeness (QED) is 0.780. The Bertz CT molecular complexity index is 392. The van der Waals surface area contributed by atoms with Gasteiger partial charge in [-0.25, -0.2) is 0 Å². The molecule has 0 saturated heterocycles. The lowest BCUT2D eigenvalue weighted by molar-refractivity contribution is 0.305. The van der Waals surface area contributed by atoms with Gasteiger partial charge >= 0.3 is 0 Å². The molecule has 1 unspecified atom stereocenters. The molecule has 1 rings (SSSR count). The first kappa shape index (κ1) is 17.9. The minimum absolute atomic E-state index is 0.0539. The van der Waals surface area contributed by atoms with E-state index in [-0.39, 0.29) is 12.2 Å². The van der Waals surface area contributed by atoms with Crippen molar-refractivity contribution in [2.45, 2.75) is 40.5 Å². The first-order valence-corrected chi connectivity index (χ1v) is 6.77. The first-order valence-electron chi connectivity index (χ1n) is 6.77. The Morgan fingerprint density at radius 1 is 1.42 bits per heavy atom. The van der Waals surface area contributed by atoms with Gasteiger partial charge in [0.15, 0.2) is 0 Å². The summed E-state index contributed by atoms with van der Waals surface area (Å²) in [4.78, 5) is 14.2. The zero-order valence-corrected chi connectivity index (χ0v) is 12.6. The third kappa shape index (κ3) is 9.45. The Morgan fingerprint density at radius 3 is 2.42 bits per heavy atom. The van der Waals surface area contributed by atoms with Crippen molar-refractivity contribution in [1.82, 2.24) is 4.98 Å². The molecule has 1 atom stereocenters. The summed E-state index contributed by atoms with van der Waals surface area (Å²) in [5, 5.41) is 7.75. The van der Waals surface area contributed by atoms with Crippen LogP contribution in [0.15, 0.2) is 23.1 Å². The van der Waals surface area contributed by atoms with Crippen LogP contribution in [0.3, 0.4) is 0 Å². The number of aliphatic hydroxyl groups excluding tert-OH is 1. The van der Waals surface area contributed by atoms with Crippen molar-refractivity contribution in [2.24, 2.45) is 17.1 Å². The van der Waals surface area contributed by atoms with Crippen molar-refractivity contribution in [3.8, 4) is 0 Å². The van der Waals surface area contributed by atoms with Crippen LogP contribution >= 0.6 is 0 Å². The lowest BCUT2D eigenvalue weighted by Crippen LogP contribution is -2.18. The monoisotopic (exact) mass is 268 g/mol. The van der Waals surface area contributed by atoms with Gasteiger partial charge in [0.05, 0.1) is 6.61 Å². The fourth-order valence-corrected chi connectivity index (χ4v) is 2.11. The van der Waals surface area contributed by atoms with Gasteiger partial charge in [0.1, 0.15) is 0 Å². The average Bonchev–Trinajstić information content (AvgIpc) is 2.30. The molecule has 0 fully saturated rings. The number of aromatic nitrogens is 1. The third-order valence-electron chi connectivity index (χ3n) is 2.56. The normalized spacial score (nSPS) is 12.5. The maximum Gasteiger partial charge on any atom is 0.251 e. The number of aliphatic hydroxyl groups is 1. The van der Waals surface area contributed by atoms with E-state index in [1.54, 1.807) is 6.20 Å². The Kier molecular flexibility index (Phi) is 8.35. The van der Waals surface area contributed by atoms with Gasteiger partial charge in [-0.05, 0) is 30.2 Å². The van der Waals surface area contributed by atoms with Crippen LogP contribution in [-0.4, -0.2) is 23.2 Å². The lowest BCUT2D eigenvalue weighted by atomic mass is 9.83. The van der Waals surface area contributed by atoms with Crippen LogP contribution in [0.1, 0.15) is 39.7 Å². The maximum absolute atomic E-state index is 11.5. The molecule has 1 heterocycles. The summed E-state index contributed by atoms with van der Waals surface area (Å²) in [5.41, 5.74) is 6.06. The van der Waals surface area contributed by atoms with E-state index in [2.05, 4.69) is 32.7 Å². The van der Waals surface area contributed by atoms with E-state index in [4.69, 9.17) is 10.8 Å². The number of pyridine rings is 1. The van der Waals surface area contributed by atoms with Crippen molar-refractivity contribution in [3.63, 3.8) is 0 Å². The lowest BCUT2D eigenvalue weighted by Gasteiger charge is -2.22. The highest BCUT2D eigenvalue weighted by Gasteiger charge is 2.16. The molecule has 4 N–H and O–H groups in total. The second-order valence-corrected chi connectivity index (χ2v) is 6.11. The van der Waals surface area contributed by atoms with Gasteiger partial charge in [0.25, 0.3) is 5.56 Å². The summed E-state index contributed by atoms with van der Waals surface area (Å²) in [6.45, 7) is 9.38. The standard InChI is InChI=1S/C13H21NO.C2H7NO/c1-10(9-13(2,3)4)8-11-6-5-7-14-12(11)15;3-1-2-4/h5-7,10H,8-9H2,1-4H3,(H,14,15);4H,1-3H2. The van der Waals surface area contributed by atoms with E-state index in [0.29, 0.717) is 17.9 Å². The summed E-state index contributed by atoms with van der Waals surface area (Å²) in [6.07, 6.45) is 3.69. The molecule has 0 aromatic carbocycles. The van der Waals surface area contributed by atoms with E-state index in [1.165, 1.54) is 0 Å². The molecule has 0 aliphatic carbocycles. The molecular weight excluding hydrogens is 240 g/mol. The van der Waals surface area contributed by atoms with Crippen LogP contribution < -0.4 is 11.3 Å². The summed E-state index contributed by atoms with van der Waals surface area (Å²) in [5.74, 6) is 0.550. The summed E-state index contributed by atoms with van der Waals surface area (Å²) in [7, 11) is 0. The van der Waals surface area contributed by atoms with Crippen molar-refractivity contribution in [3.05, 3.63) is 34.2 Å². The van der Waals surface area contributed by atoms with Gasteiger partial charge in [-0.15, -0.1) is 0 Å². The minimum atomic E-state index is 0.0539. The first-order chi connectivity index (χ1) is 8.80. The second-order valence-electron chi connectivity index (χ2n) is 6.11. The minimum Gasteiger partial charge on any atom is -0.395 e. The van der Waals surface area contributed by atoms with Gasteiger partial charge in [-0.2, -0.15) is 0 Å². The molecule has 4 heteroatoms. The molecular formula is C15H28N2O2. The zero-order valence-electron chi connectivity index (χ0n) is 12.6. The van der Waals surface area contributed by atoms with Crippen LogP contribution in [0.2, 0.25) is 0 Å². The van der Waals surface area contributed by atoms with Crippen molar-refractivity contribution >= 4 is 0 Å². The zero-order chi connectivity index (χ0) is 14.9. The maximum atomic E-state index is 11.5. The molecule has 1 aromatic heterocycles. The number of rotatable bonds is 4. The summed E-state index contributed by atoms with van der Waals surface area (Å²) >= 11 is 0. The van der Waals surface area contributed by atoms with E-state index in [1.807, 2.05) is 12.1 Å². The van der Waals surface area contributed by atoms with Crippen LogP contribution in [0, 0.1) is 11.3 Å². The highest BCUT2D eigenvalue weighted by atomic mass is 16.3. The Balaban J connectivity index is 0.000000711. The molecule has 0 saturated carbocycles. The smallest absolute Gasteiger partial charge is 0.251 e. The van der Waals surface area contributed by atoms with Gasteiger partial charge in [0, 0.05) is 18.3 Å². The predicted octanol–water partition coefficient (Wildman–Crippen LogP) is 1.93. The van der Waals surface area contributed by atoms with Gasteiger partial charge in [0.2, 0.25) is 0 Å². The van der Waals surface area contributed by atoms with Crippen molar-refractivity contribution < 1.29 is 5.11 Å². The Morgan fingerprint density at radius 2 is 2.00 bits per heavy atom. The number of hydrogen-bond donors (Lipinski definition) is 3. The van der Waals surface area contributed by atoms with E-state index >= 15 is 0 Å². The number of nitrogens with two attached hydrogens (primary N) is 1. The van der Waals surface area contributed by atoms with Gasteiger partial charge in [-0.3, -0.25) is 4.79 Å². The highest BCUT2D eigenvalue weighted by molar-refractivity contribution is 5.09. The van der Waals surface area contributed by atoms with Crippen LogP contribution in [0.25, 0.3) is 0 Å². The summed E-state index contributed by atoms with van der Waals surface area (Å²) in [6, 6.07) is 3.80. The highest BCUT2D eigenvalue weighted by Crippen LogP contribution is 2.25. The molecule has 0 bridgehead atoms. The van der Waals surface area contributed by atoms with E-state index < -0.39 is 0 Å².